The van der Waals surface area contributed by atoms with E-state index in [0.717, 1.165) is 23.8 Å². The van der Waals surface area contributed by atoms with Gasteiger partial charge in [-0.1, -0.05) is 36.4 Å². The van der Waals surface area contributed by atoms with Crippen molar-refractivity contribution in [1.82, 2.24) is 10.6 Å². The molecule has 3 amide bonds. The molecule has 0 heterocycles. The third-order valence-corrected chi connectivity index (χ3v) is 5.29. The van der Waals surface area contributed by atoms with Gasteiger partial charge in [0.05, 0.1) is 6.04 Å². The summed E-state index contributed by atoms with van der Waals surface area (Å²) in [5, 5.41) is 7.85. The maximum atomic E-state index is 14.3. The highest BCUT2D eigenvalue weighted by molar-refractivity contribution is 5.96. The SMILES string of the molecule is CC(C)(C)OC(=O)NC(CNC(=O)c1cccc(NC(=O)OCc2ccccc2)c1)Cc1cc(F)ccc1F. The van der Waals surface area contributed by atoms with Crippen molar-refractivity contribution in [2.45, 2.75) is 45.4 Å². The highest BCUT2D eigenvalue weighted by Gasteiger charge is 2.22. The van der Waals surface area contributed by atoms with Gasteiger partial charge in [0.2, 0.25) is 0 Å². The Morgan fingerprint density at radius 3 is 2.36 bits per heavy atom. The van der Waals surface area contributed by atoms with Crippen LogP contribution in [0.3, 0.4) is 0 Å². The van der Waals surface area contributed by atoms with Gasteiger partial charge in [-0.2, -0.15) is 0 Å². The first-order valence-corrected chi connectivity index (χ1v) is 12.3. The van der Waals surface area contributed by atoms with E-state index in [1.54, 1.807) is 39.0 Å². The van der Waals surface area contributed by atoms with Gasteiger partial charge in [0, 0.05) is 17.8 Å². The molecule has 0 saturated heterocycles. The minimum Gasteiger partial charge on any atom is -0.444 e. The number of carbonyl (C=O) groups excluding carboxylic acids is 3. The fourth-order valence-corrected chi connectivity index (χ4v) is 3.55. The smallest absolute Gasteiger partial charge is 0.411 e. The van der Waals surface area contributed by atoms with Crippen LogP contribution >= 0.6 is 0 Å². The molecule has 0 radical (unpaired) electrons. The molecule has 3 N–H and O–H groups in total. The minimum absolute atomic E-state index is 0.0329. The quantitative estimate of drug-likeness (QED) is 0.329. The molecule has 1 unspecified atom stereocenters. The molecular formula is C29H31F2N3O5. The number of ether oxygens (including phenoxy) is 2. The Labute approximate surface area is 225 Å². The van der Waals surface area contributed by atoms with Crippen LogP contribution in [0.25, 0.3) is 0 Å². The maximum Gasteiger partial charge on any atom is 0.411 e. The van der Waals surface area contributed by atoms with Crippen molar-refractivity contribution in [2.24, 2.45) is 0 Å². The van der Waals surface area contributed by atoms with Crippen LogP contribution in [-0.2, 0) is 22.5 Å². The lowest BCUT2D eigenvalue weighted by Crippen LogP contribution is -2.46. The molecule has 3 rings (SSSR count). The van der Waals surface area contributed by atoms with Crippen molar-refractivity contribution in [3.05, 3.63) is 101 Å². The number of nitrogens with one attached hydrogen (secondary N) is 3. The predicted molar refractivity (Wildman–Crippen MR) is 142 cm³/mol. The lowest BCUT2D eigenvalue weighted by molar-refractivity contribution is 0.0501. The van der Waals surface area contributed by atoms with Gasteiger partial charge in [-0.25, -0.2) is 18.4 Å². The molecule has 0 aliphatic rings. The molecule has 206 valence electrons. The van der Waals surface area contributed by atoms with E-state index < -0.39 is 41.4 Å². The van der Waals surface area contributed by atoms with Crippen LogP contribution in [0.15, 0.2) is 72.8 Å². The minimum atomic E-state index is -0.811. The van der Waals surface area contributed by atoms with Gasteiger partial charge in [-0.3, -0.25) is 10.1 Å². The molecule has 3 aromatic rings. The van der Waals surface area contributed by atoms with Crippen LogP contribution in [0.5, 0.6) is 0 Å². The second-order valence-electron chi connectivity index (χ2n) is 9.76. The molecule has 8 nitrogen and oxygen atoms in total. The van der Waals surface area contributed by atoms with Gasteiger partial charge in [-0.15, -0.1) is 0 Å². The van der Waals surface area contributed by atoms with Crippen LogP contribution in [0.4, 0.5) is 24.1 Å². The first kappa shape index (κ1) is 29.1. The summed E-state index contributed by atoms with van der Waals surface area (Å²) in [6.45, 7) is 5.05. The summed E-state index contributed by atoms with van der Waals surface area (Å²) in [6, 6.07) is 17.6. The van der Waals surface area contributed by atoms with Crippen LogP contribution in [-0.4, -0.2) is 36.3 Å². The molecule has 0 aliphatic carbocycles. The first-order valence-electron chi connectivity index (χ1n) is 12.3. The van der Waals surface area contributed by atoms with Gasteiger partial charge in [0.25, 0.3) is 5.91 Å². The van der Waals surface area contributed by atoms with Crippen molar-refractivity contribution in [2.75, 3.05) is 11.9 Å². The Morgan fingerprint density at radius 2 is 1.64 bits per heavy atom. The first-order chi connectivity index (χ1) is 18.5. The number of benzene rings is 3. The molecule has 3 aromatic carbocycles. The van der Waals surface area contributed by atoms with E-state index in [2.05, 4.69) is 16.0 Å². The number of hydrogen-bond donors (Lipinski definition) is 3. The fourth-order valence-electron chi connectivity index (χ4n) is 3.55. The van der Waals surface area contributed by atoms with E-state index in [0.29, 0.717) is 5.69 Å². The summed E-state index contributed by atoms with van der Waals surface area (Å²) in [5.41, 5.74) is 0.645. The van der Waals surface area contributed by atoms with Crippen LogP contribution in [0.2, 0.25) is 0 Å². The zero-order chi connectivity index (χ0) is 28.4. The summed E-state index contributed by atoms with van der Waals surface area (Å²) in [5.74, 6) is -1.78. The van der Waals surface area contributed by atoms with Crippen LogP contribution < -0.4 is 16.0 Å². The van der Waals surface area contributed by atoms with Crippen molar-refractivity contribution in [1.29, 1.82) is 0 Å². The van der Waals surface area contributed by atoms with Gasteiger partial charge in [0.15, 0.2) is 0 Å². The lowest BCUT2D eigenvalue weighted by atomic mass is 10.0. The normalized spacial score (nSPS) is 11.7. The molecule has 0 fully saturated rings. The van der Waals surface area contributed by atoms with Crippen LogP contribution in [0.1, 0.15) is 42.3 Å². The average molecular weight is 540 g/mol. The van der Waals surface area contributed by atoms with Gasteiger partial charge in [0.1, 0.15) is 23.8 Å². The zero-order valence-electron chi connectivity index (χ0n) is 21.9. The highest BCUT2D eigenvalue weighted by Crippen LogP contribution is 2.15. The van der Waals surface area contributed by atoms with Crippen molar-refractivity contribution in [3.63, 3.8) is 0 Å². The van der Waals surface area contributed by atoms with E-state index in [4.69, 9.17) is 9.47 Å². The second-order valence-corrected chi connectivity index (χ2v) is 9.76. The van der Waals surface area contributed by atoms with E-state index in [1.807, 2.05) is 30.3 Å². The van der Waals surface area contributed by atoms with Gasteiger partial charge in [-0.05, 0) is 74.7 Å². The molecule has 0 spiro atoms. The number of halogens is 2. The molecule has 10 heteroatoms. The topological polar surface area (TPSA) is 106 Å². The number of alkyl carbamates (subject to hydrolysis) is 1. The summed E-state index contributed by atoms with van der Waals surface area (Å²) >= 11 is 0. The van der Waals surface area contributed by atoms with Gasteiger partial charge < -0.3 is 20.1 Å². The summed E-state index contributed by atoms with van der Waals surface area (Å²) in [4.78, 5) is 37.4. The average Bonchev–Trinajstić information content (AvgIpc) is 2.87. The van der Waals surface area contributed by atoms with Crippen LogP contribution in [0, 0.1) is 11.6 Å². The number of carbonyl (C=O) groups is 3. The van der Waals surface area contributed by atoms with Crippen molar-refractivity contribution in [3.8, 4) is 0 Å². The highest BCUT2D eigenvalue weighted by atomic mass is 19.1. The number of hydrogen-bond acceptors (Lipinski definition) is 5. The number of anilines is 1. The third kappa shape index (κ3) is 10.1. The van der Waals surface area contributed by atoms with Crippen molar-refractivity contribution >= 4 is 23.8 Å². The lowest BCUT2D eigenvalue weighted by Gasteiger charge is -2.24. The number of amides is 3. The zero-order valence-corrected chi connectivity index (χ0v) is 21.9. The Balaban J connectivity index is 1.62. The Kier molecular flexibility index (Phi) is 9.97. The maximum absolute atomic E-state index is 14.3. The Hall–Kier alpha value is -4.47. The molecule has 0 aliphatic heterocycles. The largest absolute Gasteiger partial charge is 0.444 e. The molecule has 0 saturated carbocycles. The van der Waals surface area contributed by atoms with Crippen molar-refractivity contribution < 1.29 is 32.6 Å². The van der Waals surface area contributed by atoms with E-state index in [1.165, 1.54) is 6.07 Å². The summed E-state index contributed by atoms with van der Waals surface area (Å²) in [6.07, 6.45) is -1.55. The van der Waals surface area contributed by atoms with E-state index in [9.17, 15) is 23.2 Å². The molecule has 1 atom stereocenters. The fraction of sp³-hybridized carbons (Fsp3) is 0.276. The second kappa shape index (κ2) is 13.4. The Morgan fingerprint density at radius 1 is 0.897 bits per heavy atom. The van der Waals surface area contributed by atoms with Gasteiger partial charge >= 0.3 is 12.2 Å². The Bertz CT molecular complexity index is 1300. The van der Waals surface area contributed by atoms with E-state index in [-0.39, 0.29) is 30.7 Å². The number of rotatable bonds is 9. The molecule has 0 aromatic heterocycles. The third-order valence-electron chi connectivity index (χ3n) is 5.29. The molecule has 39 heavy (non-hydrogen) atoms. The monoisotopic (exact) mass is 539 g/mol. The van der Waals surface area contributed by atoms with E-state index >= 15 is 0 Å². The summed E-state index contributed by atoms with van der Waals surface area (Å²) in [7, 11) is 0. The predicted octanol–water partition coefficient (Wildman–Crippen LogP) is 5.58. The standard InChI is InChI=1S/C29H31F2N3O5/c1-29(2,3)39-28(37)34-24(16-21-14-22(30)12-13-25(21)31)17-32-26(35)20-10-7-11-23(15-20)33-27(36)38-18-19-8-5-4-6-9-19/h4-15,24H,16-18H2,1-3H3,(H,32,35)(H,33,36)(H,34,37). The molecular weight excluding hydrogens is 508 g/mol. The summed E-state index contributed by atoms with van der Waals surface area (Å²) < 4.78 is 38.4. The molecule has 0 bridgehead atoms.